The number of aromatic nitrogens is 2. The van der Waals surface area contributed by atoms with Gasteiger partial charge in [0.1, 0.15) is 11.6 Å². The second-order valence-corrected chi connectivity index (χ2v) is 7.53. The number of pyridine rings is 2. The van der Waals surface area contributed by atoms with Gasteiger partial charge < -0.3 is 10.1 Å². The third kappa shape index (κ3) is 4.73. The molecule has 2 aromatic heterocycles. The van der Waals surface area contributed by atoms with E-state index in [1.165, 1.54) is 13.2 Å². The zero-order valence-electron chi connectivity index (χ0n) is 15.0. The van der Waals surface area contributed by atoms with Crippen molar-refractivity contribution in [3.8, 4) is 5.75 Å². The monoisotopic (exact) mass is 384 g/mol. The maximum Gasteiger partial charge on any atom is 0.263 e. The van der Waals surface area contributed by atoms with Crippen LogP contribution in [0.4, 0.5) is 11.5 Å². The maximum atomic E-state index is 12.6. The van der Waals surface area contributed by atoms with Gasteiger partial charge in [0, 0.05) is 18.9 Å². The molecule has 8 heteroatoms. The fourth-order valence-corrected chi connectivity index (χ4v) is 3.74. The van der Waals surface area contributed by atoms with E-state index in [0.717, 1.165) is 11.3 Å². The Balaban J connectivity index is 1.68. The van der Waals surface area contributed by atoms with Crippen molar-refractivity contribution in [2.75, 3.05) is 17.1 Å². The second-order valence-electron chi connectivity index (χ2n) is 5.88. The first-order valence-electron chi connectivity index (χ1n) is 8.24. The van der Waals surface area contributed by atoms with Crippen LogP contribution in [0, 0.1) is 6.92 Å². The number of sulfonamides is 1. The lowest BCUT2D eigenvalue weighted by Gasteiger charge is -2.11. The van der Waals surface area contributed by atoms with Crippen molar-refractivity contribution < 1.29 is 13.2 Å². The summed E-state index contributed by atoms with van der Waals surface area (Å²) < 4.78 is 32.8. The summed E-state index contributed by atoms with van der Waals surface area (Å²) in [5.74, 6) is 0.853. The quantitative estimate of drug-likeness (QED) is 0.650. The van der Waals surface area contributed by atoms with Gasteiger partial charge in [-0.3, -0.25) is 9.71 Å². The molecule has 0 atom stereocenters. The van der Waals surface area contributed by atoms with Crippen molar-refractivity contribution in [1.82, 2.24) is 9.97 Å². The van der Waals surface area contributed by atoms with Gasteiger partial charge in [-0.2, -0.15) is 0 Å². The molecule has 0 amide bonds. The largest absolute Gasteiger partial charge is 0.497 e. The highest BCUT2D eigenvalue weighted by atomic mass is 32.2. The average molecular weight is 384 g/mol. The Bertz CT molecular complexity index is 1010. The molecule has 0 unspecified atom stereocenters. The highest BCUT2D eigenvalue weighted by molar-refractivity contribution is 7.92. The number of hydrogen-bond donors (Lipinski definition) is 2. The fraction of sp³-hybridized carbons (Fsp3) is 0.158. The van der Waals surface area contributed by atoms with E-state index in [0.29, 0.717) is 17.9 Å². The molecule has 0 aliphatic carbocycles. The smallest absolute Gasteiger partial charge is 0.263 e. The molecular weight excluding hydrogens is 364 g/mol. The summed E-state index contributed by atoms with van der Waals surface area (Å²) in [6.07, 6.45) is 5.08. The molecule has 0 saturated heterocycles. The first kappa shape index (κ1) is 18.7. The SMILES string of the molecule is COc1ccc(S(=O)(=O)Nc2ccc(NCc3cccnc3)cn2)c(C)c1. The van der Waals surface area contributed by atoms with Crippen LogP contribution in [0.5, 0.6) is 5.75 Å². The molecular formula is C19H20N4O3S. The van der Waals surface area contributed by atoms with E-state index >= 15 is 0 Å². The van der Waals surface area contributed by atoms with E-state index in [-0.39, 0.29) is 10.7 Å². The van der Waals surface area contributed by atoms with E-state index in [2.05, 4.69) is 20.0 Å². The molecule has 3 aromatic rings. The molecule has 0 bridgehead atoms. The summed E-state index contributed by atoms with van der Waals surface area (Å²) in [6, 6.07) is 12.0. The molecule has 27 heavy (non-hydrogen) atoms. The lowest BCUT2D eigenvalue weighted by atomic mass is 10.2. The van der Waals surface area contributed by atoms with Crippen LogP contribution in [0.1, 0.15) is 11.1 Å². The van der Waals surface area contributed by atoms with E-state index in [9.17, 15) is 8.42 Å². The number of aryl methyl sites for hydroxylation is 1. The van der Waals surface area contributed by atoms with Gasteiger partial charge in [0.25, 0.3) is 10.0 Å². The lowest BCUT2D eigenvalue weighted by Crippen LogP contribution is -2.15. The van der Waals surface area contributed by atoms with Gasteiger partial charge in [-0.05, 0) is 54.4 Å². The number of hydrogen-bond acceptors (Lipinski definition) is 6. The lowest BCUT2D eigenvalue weighted by molar-refractivity contribution is 0.414. The molecule has 0 saturated carbocycles. The predicted octanol–water partition coefficient (Wildman–Crippen LogP) is 3.21. The molecule has 0 aliphatic rings. The summed E-state index contributed by atoms with van der Waals surface area (Å²) in [5.41, 5.74) is 2.41. The molecule has 0 fully saturated rings. The normalized spacial score (nSPS) is 11.0. The van der Waals surface area contributed by atoms with Crippen molar-refractivity contribution in [3.05, 3.63) is 72.2 Å². The van der Waals surface area contributed by atoms with Gasteiger partial charge in [0.2, 0.25) is 0 Å². The number of ether oxygens (including phenoxy) is 1. The molecule has 3 rings (SSSR count). The Labute approximate surface area is 158 Å². The van der Waals surface area contributed by atoms with Crippen molar-refractivity contribution in [1.29, 1.82) is 0 Å². The topological polar surface area (TPSA) is 93.2 Å². The number of rotatable bonds is 7. The second kappa shape index (κ2) is 8.05. The van der Waals surface area contributed by atoms with Crippen molar-refractivity contribution in [2.24, 2.45) is 0 Å². The van der Waals surface area contributed by atoms with Crippen LogP contribution >= 0.6 is 0 Å². The van der Waals surface area contributed by atoms with Crippen LogP contribution in [0.3, 0.4) is 0 Å². The highest BCUT2D eigenvalue weighted by Gasteiger charge is 2.18. The van der Waals surface area contributed by atoms with Gasteiger partial charge in [0.15, 0.2) is 0 Å². The average Bonchev–Trinajstić information content (AvgIpc) is 2.67. The Hall–Kier alpha value is -3.13. The molecule has 7 nitrogen and oxygen atoms in total. The van der Waals surface area contributed by atoms with E-state index in [1.54, 1.807) is 49.8 Å². The highest BCUT2D eigenvalue weighted by Crippen LogP contribution is 2.23. The Morgan fingerprint density at radius 2 is 1.96 bits per heavy atom. The van der Waals surface area contributed by atoms with E-state index in [4.69, 9.17) is 4.74 Å². The van der Waals surface area contributed by atoms with Crippen LogP contribution in [0.15, 0.2) is 66.0 Å². The minimum Gasteiger partial charge on any atom is -0.497 e. The third-order valence-electron chi connectivity index (χ3n) is 3.89. The minimum atomic E-state index is -3.73. The van der Waals surface area contributed by atoms with Crippen LogP contribution in [-0.2, 0) is 16.6 Å². The van der Waals surface area contributed by atoms with E-state index in [1.807, 2.05) is 12.1 Å². The van der Waals surface area contributed by atoms with Gasteiger partial charge in [-0.1, -0.05) is 6.07 Å². The zero-order chi connectivity index (χ0) is 19.3. The summed E-state index contributed by atoms with van der Waals surface area (Å²) in [4.78, 5) is 8.41. The Morgan fingerprint density at radius 3 is 2.59 bits per heavy atom. The summed E-state index contributed by atoms with van der Waals surface area (Å²) in [6.45, 7) is 2.32. The van der Waals surface area contributed by atoms with Crippen molar-refractivity contribution in [2.45, 2.75) is 18.4 Å². The third-order valence-corrected chi connectivity index (χ3v) is 5.41. The number of benzene rings is 1. The first-order valence-corrected chi connectivity index (χ1v) is 9.72. The van der Waals surface area contributed by atoms with Crippen LogP contribution in [0.2, 0.25) is 0 Å². The molecule has 0 aliphatic heterocycles. The molecule has 2 N–H and O–H groups in total. The van der Waals surface area contributed by atoms with Crippen LogP contribution < -0.4 is 14.8 Å². The molecule has 0 radical (unpaired) electrons. The summed E-state index contributed by atoms with van der Waals surface area (Å²) >= 11 is 0. The summed E-state index contributed by atoms with van der Waals surface area (Å²) in [7, 11) is -2.20. The molecule has 0 spiro atoms. The van der Waals surface area contributed by atoms with Crippen LogP contribution in [-0.4, -0.2) is 25.5 Å². The van der Waals surface area contributed by atoms with Gasteiger partial charge >= 0.3 is 0 Å². The van der Waals surface area contributed by atoms with Gasteiger partial charge in [0.05, 0.1) is 23.9 Å². The van der Waals surface area contributed by atoms with E-state index < -0.39 is 10.0 Å². The fourth-order valence-electron chi connectivity index (χ4n) is 2.51. The molecule has 2 heterocycles. The number of nitrogens with one attached hydrogen (secondary N) is 2. The Morgan fingerprint density at radius 1 is 1.11 bits per heavy atom. The van der Waals surface area contributed by atoms with Crippen molar-refractivity contribution in [3.63, 3.8) is 0 Å². The number of methoxy groups -OCH3 is 1. The first-order chi connectivity index (χ1) is 13.0. The summed E-state index contributed by atoms with van der Waals surface area (Å²) in [5, 5.41) is 3.21. The standard InChI is InChI=1S/C19H20N4O3S/c1-14-10-17(26-2)6-7-18(14)27(24,25)23-19-8-5-16(13-22-19)21-12-15-4-3-9-20-11-15/h3-11,13,21H,12H2,1-2H3,(H,22,23). The predicted molar refractivity (Wildman–Crippen MR) is 104 cm³/mol. The van der Waals surface area contributed by atoms with Crippen LogP contribution in [0.25, 0.3) is 0 Å². The maximum absolute atomic E-state index is 12.6. The Kier molecular flexibility index (Phi) is 5.56. The van der Waals surface area contributed by atoms with Gasteiger partial charge in [-0.15, -0.1) is 0 Å². The molecule has 140 valence electrons. The zero-order valence-corrected chi connectivity index (χ0v) is 15.8. The number of nitrogens with zero attached hydrogens (tertiary/aromatic N) is 2. The van der Waals surface area contributed by atoms with Crippen molar-refractivity contribution >= 4 is 21.5 Å². The molecule has 1 aromatic carbocycles. The van der Waals surface area contributed by atoms with Gasteiger partial charge in [-0.25, -0.2) is 13.4 Å². The minimum absolute atomic E-state index is 0.184. The number of anilines is 2.